The Labute approximate surface area is 107 Å². The van der Waals surface area contributed by atoms with Crippen molar-refractivity contribution in [3.8, 4) is 0 Å². The molecule has 1 aromatic rings. The van der Waals surface area contributed by atoms with Crippen molar-refractivity contribution in [1.29, 1.82) is 0 Å². The number of halogens is 1. The van der Waals surface area contributed by atoms with Crippen LogP contribution in [0, 0.1) is 11.7 Å². The molecule has 0 aromatic heterocycles. The molecule has 1 aromatic carbocycles. The second-order valence-electron chi connectivity index (χ2n) is 4.79. The van der Waals surface area contributed by atoms with Crippen molar-refractivity contribution in [2.45, 2.75) is 26.7 Å². The van der Waals surface area contributed by atoms with Gasteiger partial charge in [-0.05, 0) is 30.5 Å². The summed E-state index contributed by atoms with van der Waals surface area (Å²) in [7, 11) is 0. The molecule has 1 rings (SSSR count). The van der Waals surface area contributed by atoms with Crippen LogP contribution in [0.5, 0.6) is 0 Å². The molecule has 0 aliphatic heterocycles. The minimum absolute atomic E-state index is 0.0641. The molecule has 0 amide bonds. The van der Waals surface area contributed by atoms with Crippen LogP contribution >= 0.6 is 0 Å². The Morgan fingerprint density at radius 3 is 2.67 bits per heavy atom. The number of aliphatic carboxylic acids is 1. The third-order valence-electron chi connectivity index (χ3n) is 2.75. The molecule has 0 saturated carbocycles. The molecule has 0 unspecified atom stereocenters. The lowest BCUT2D eigenvalue weighted by atomic mass is 10.1. The van der Waals surface area contributed by atoms with Gasteiger partial charge in [0.2, 0.25) is 0 Å². The molecular weight excluding hydrogens is 233 g/mol. The van der Waals surface area contributed by atoms with Crippen LogP contribution in [0.1, 0.15) is 26.7 Å². The Hall–Kier alpha value is -1.58. The monoisotopic (exact) mass is 253 g/mol. The molecule has 0 aliphatic rings. The first-order valence-corrected chi connectivity index (χ1v) is 6.21. The van der Waals surface area contributed by atoms with E-state index in [0.717, 1.165) is 18.7 Å². The van der Waals surface area contributed by atoms with E-state index in [9.17, 15) is 9.18 Å². The van der Waals surface area contributed by atoms with Crippen molar-refractivity contribution in [2.75, 3.05) is 18.0 Å². The van der Waals surface area contributed by atoms with Crippen LogP contribution in [0.4, 0.5) is 10.1 Å². The molecule has 100 valence electrons. The topological polar surface area (TPSA) is 40.5 Å². The number of hydrogen-bond donors (Lipinski definition) is 1. The van der Waals surface area contributed by atoms with Gasteiger partial charge in [-0.25, -0.2) is 4.39 Å². The van der Waals surface area contributed by atoms with Crippen molar-refractivity contribution < 1.29 is 14.3 Å². The van der Waals surface area contributed by atoms with Gasteiger partial charge >= 0.3 is 5.97 Å². The number of benzene rings is 1. The summed E-state index contributed by atoms with van der Waals surface area (Å²) < 4.78 is 13.2. The van der Waals surface area contributed by atoms with Gasteiger partial charge in [-0.2, -0.15) is 0 Å². The zero-order chi connectivity index (χ0) is 13.5. The van der Waals surface area contributed by atoms with Gasteiger partial charge in [0.25, 0.3) is 0 Å². The molecule has 0 bridgehead atoms. The second kappa shape index (κ2) is 6.99. The average molecular weight is 253 g/mol. The van der Waals surface area contributed by atoms with Crippen molar-refractivity contribution in [1.82, 2.24) is 0 Å². The first-order valence-electron chi connectivity index (χ1n) is 6.21. The van der Waals surface area contributed by atoms with Gasteiger partial charge in [-0.3, -0.25) is 4.79 Å². The van der Waals surface area contributed by atoms with Gasteiger partial charge in [0.1, 0.15) is 5.82 Å². The minimum atomic E-state index is -0.832. The summed E-state index contributed by atoms with van der Waals surface area (Å²) in [5.41, 5.74) is 0.747. The summed E-state index contributed by atoms with van der Waals surface area (Å²) in [6.07, 6.45) is 1.02. The molecule has 0 heterocycles. The zero-order valence-electron chi connectivity index (χ0n) is 10.9. The molecule has 0 radical (unpaired) electrons. The second-order valence-corrected chi connectivity index (χ2v) is 4.79. The van der Waals surface area contributed by atoms with E-state index in [1.54, 1.807) is 6.07 Å². The van der Waals surface area contributed by atoms with Crippen LogP contribution in [0.15, 0.2) is 24.3 Å². The van der Waals surface area contributed by atoms with E-state index in [4.69, 9.17) is 5.11 Å². The Bertz CT molecular complexity index is 393. The number of carbonyl (C=O) groups is 1. The predicted octanol–water partition coefficient (Wildman–Crippen LogP) is 3.15. The molecule has 0 fully saturated rings. The van der Waals surface area contributed by atoms with Crippen LogP contribution < -0.4 is 4.90 Å². The van der Waals surface area contributed by atoms with Crippen LogP contribution in [-0.2, 0) is 4.79 Å². The van der Waals surface area contributed by atoms with E-state index in [-0.39, 0.29) is 12.2 Å². The van der Waals surface area contributed by atoms with E-state index in [0.29, 0.717) is 12.5 Å². The van der Waals surface area contributed by atoms with E-state index >= 15 is 0 Å². The van der Waals surface area contributed by atoms with Gasteiger partial charge in [-0.15, -0.1) is 0 Å². The van der Waals surface area contributed by atoms with Crippen LogP contribution in [0.25, 0.3) is 0 Å². The number of carboxylic acids is 1. The largest absolute Gasteiger partial charge is 0.481 e. The van der Waals surface area contributed by atoms with Gasteiger partial charge in [0.05, 0.1) is 6.42 Å². The first kappa shape index (κ1) is 14.5. The highest BCUT2D eigenvalue weighted by Gasteiger charge is 2.10. The fourth-order valence-electron chi connectivity index (χ4n) is 1.69. The molecule has 4 heteroatoms. The summed E-state index contributed by atoms with van der Waals surface area (Å²) in [6.45, 7) is 5.38. The maximum absolute atomic E-state index is 13.2. The van der Waals surface area contributed by atoms with Gasteiger partial charge < -0.3 is 10.0 Å². The lowest BCUT2D eigenvalue weighted by Crippen LogP contribution is -2.28. The summed E-state index contributed by atoms with van der Waals surface area (Å²) >= 11 is 0. The zero-order valence-corrected chi connectivity index (χ0v) is 10.9. The van der Waals surface area contributed by atoms with Crippen LogP contribution in [-0.4, -0.2) is 24.2 Å². The first-order chi connectivity index (χ1) is 8.49. The summed E-state index contributed by atoms with van der Waals surface area (Å²) in [5, 5.41) is 8.74. The van der Waals surface area contributed by atoms with Gasteiger partial charge in [0.15, 0.2) is 0 Å². The van der Waals surface area contributed by atoms with Crippen molar-refractivity contribution in [2.24, 2.45) is 5.92 Å². The minimum Gasteiger partial charge on any atom is -0.481 e. The quantitative estimate of drug-likeness (QED) is 0.811. The van der Waals surface area contributed by atoms with Gasteiger partial charge in [0, 0.05) is 18.8 Å². The summed E-state index contributed by atoms with van der Waals surface area (Å²) in [4.78, 5) is 12.6. The third kappa shape index (κ3) is 5.17. The van der Waals surface area contributed by atoms with E-state index in [2.05, 4.69) is 13.8 Å². The Balaban J connectivity index is 2.72. The number of anilines is 1. The Kier molecular flexibility index (Phi) is 5.62. The number of rotatable bonds is 7. The van der Waals surface area contributed by atoms with Crippen LogP contribution in [0.2, 0.25) is 0 Å². The van der Waals surface area contributed by atoms with Crippen molar-refractivity contribution in [3.63, 3.8) is 0 Å². The highest BCUT2D eigenvalue weighted by atomic mass is 19.1. The maximum Gasteiger partial charge on any atom is 0.305 e. The molecule has 0 spiro atoms. The number of hydrogen-bond acceptors (Lipinski definition) is 2. The fraction of sp³-hybridized carbons (Fsp3) is 0.500. The standard InChI is InChI=1S/C14H20FNO2/c1-11(2)6-8-16(9-7-14(17)18)13-5-3-4-12(15)10-13/h3-5,10-11H,6-9H2,1-2H3,(H,17,18). The molecule has 0 saturated heterocycles. The van der Waals surface area contributed by atoms with E-state index in [1.807, 2.05) is 11.0 Å². The van der Waals surface area contributed by atoms with Gasteiger partial charge in [-0.1, -0.05) is 19.9 Å². The third-order valence-corrected chi connectivity index (χ3v) is 2.75. The summed E-state index contributed by atoms with van der Waals surface area (Å²) in [5.74, 6) is -0.593. The molecule has 18 heavy (non-hydrogen) atoms. The lowest BCUT2D eigenvalue weighted by molar-refractivity contribution is -0.136. The highest BCUT2D eigenvalue weighted by molar-refractivity contribution is 5.67. The molecule has 1 N–H and O–H groups in total. The number of carboxylic acid groups (broad SMARTS) is 1. The molecular formula is C14H20FNO2. The summed E-state index contributed by atoms with van der Waals surface area (Å²) in [6, 6.07) is 6.29. The molecule has 0 atom stereocenters. The van der Waals surface area contributed by atoms with E-state index in [1.165, 1.54) is 12.1 Å². The molecule has 3 nitrogen and oxygen atoms in total. The van der Waals surface area contributed by atoms with E-state index < -0.39 is 5.97 Å². The normalized spacial score (nSPS) is 10.7. The number of nitrogens with zero attached hydrogens (tertiary/aromatic N) is 1. The SMILES string of the molecule is CC(C)CCN(CCC(=O)O)c1cccc(F)c1. The average Bonchev–Trinajstić information content (AvgIpc) is 2.28. The maximum atomic E-state index is 13.2. The van der Waals surface area contributed by atoms with Crippen LogP contribution in [0.3, 0.4) is 0 Å². The molecule has 0 aliphatic carbocycles. The fourth-order valence-corrected chi connectivity index (χ4v) is 1.69. The Morgan fingerprint density at radius 1 is 1.39 bits per heavy atom. The Morgan fingerprint density at radius 2 is 2.11 bits per heavy atom. The van der Waals surface area contributed by atoms with Crippen molar-refractivity contribution in [3.05, 3.63) is 30.1 Å². The smallest absolute Gasteiger partial charge is 0.305 e. The lowest BCUT2D eigenvalue weighted by Gasteiger charge is -2.25. The highest BCUT2D eigenvalue weighted by Crippen LogP contribution is 2.17. The van der Waals surface area contributed by atoms with Crippen molar-refractivity contribution >= 4 is 11.7 Å². The predicted molar refractivity (Wildman–Crippen MR) is 70.3 cm³/mol.